The summed E-state index contributed by atoms with van der Waals surface area (Å²) in [5.41, 5.74) is 1.73. The number of amides is 1. The third-order valence-corrected chi connectivity index (χ3v) is 3.96. The monoisotopic (exact) mass is 341 g/mol. The molecule has 1 N–H and O–H groups in total. The van der Waals surface area contributed by atoms with Gasteiger partial charge in [0.1, 0.15) is 0 Å². The van der Waals surface area contributed by atoms with Crippen molar-refractivity contribution in [2.24, 2.45) is 0 Å². The van der Waals surface area contributed by atoms with Crippen molar-refractivity contribution in [3.05, 3.63) is 54.4 Å². The number of hydrogen-bond donors (Lipinski definition) is 1. The summed E-state index contributed by atoms with van der Waals surface area (Å²) >= 11 is 0. The molecule has 0 radical (unpaired) electrons. The van der Waals surface area contributed by atoms with E-state index in [1.165, 1.54) is 6.08 Å². The molecule has 1 amide bonds. The molecular formula is C18H19N3O4. The Labute approximate surface area is 145 Å². The average Bonchev–Trinajstić information content (AvgIpc) is 3.09. The molecule has 0 saturated carbocycles. The van der Waals surface area contributed by atoms with E-state index in [0.717, 1.165) is 11.3 Å². The van der Waals surface area contributed by atoms with E-state index in [2.05, 4.69) is 5.10 Å². The number of benzene rings is 1. The normalized spacial score (nSPS) is 17.8. The van der Waals surface area contributed by atoms with E-state index in [4.69, 9.17) is 9.84 Å². The summed E-state index contributed by atoms with van der Waals surface area (Å²) < 4.78 is 7.01. The number of rotatable bonds is 5. The number of morpholine rings is 1. The number of aromatic nitrogens is 2. The molecule has 0 aliphatic carbocycles. The summed E-state index contributed by atoms with van der Waals surface area (Å²) in [6.45, 7) is 1.06. The predicted molar refractivity (Wildman–Crippen MR) is 91.2 cm³/mol. The maximum absolute atomic E-state index is 12.4. The van der Waals surface area contributed by atoms with Crippen LogP contribution in [0.1, 0.15) is 12.0 Å². The Balaban J connectivity index is 1.67. The molecule has 7 nitrogen and oxygen atoms in total. The summed E-state index contributed by atoms with van der Waals surface area (Å²) in [7, 11) is 0. The van der Waals surface area contributed by atoms with Crippen LogP contribution in [0.5, 0.6) is 0 Å². The summed E-state index contributed by atoms with van der Waals surface area (Å²) in [6, 6.07) is 9.23. The van der Waals surface area contributed by atoms with Crippen LogP contribution in [0.2, 0.25) is 0 Å². The molecule has 2 aromatic rings. The first kappa shape index (κ1) is 16.9. The van der Waals surface area contributed by atoms with Gasteiger partial charge in [-0.2, -0.15) is 5.10 Å². The molecule has 1 aliphatic heterocycles. The van der Waals surface area contributed by atoms with Gasteiger partial charge in [-0.3, -0.25) is 9.59 Å². The van der Waals surface area contributed by atoms with Gasteiger partial charge in [-0.25, -0.2) is 4.68 Å². The second-order valence-electron chi connectivity index (χ2n) is 5.75. The second-order valence-corrected chi connectivity index (χ2v) is 5.75. The van der Waals surface area contributed by atoms with Crippen molar-refractivity contribution in [3.8, 4) is 5.69 Å². The third kappa shape index (κ3) is 4.33. The number of carbonyl (C=O) groups excluding carboxylic acids is 1. The Morgan fingerprint density at radius 2 is 2.12 bits per heavy atom. The van der Waals surface area contributed by atoms with Crippen LogP contribution in [-0.4, -0.2) is 57.5 Å². The van der Waals surface area contributed by atoms with Gasteiger partial charge in [0, 0.05) is 24.4 Å². The highest BCUT2D eigenvalue weighted by molar-refractivity contribution is 5.92. The molecule has 0 spiro atoms. The maximum Gasteiger partial charge on any atom is 0.305 e. The lowest BCUT2D eigenvalue weighted by Crippen LogP contribution is -2.49. The molecule has 2 heterocycles. The van der Waals surface area contributed by atoms with Gasteiger partial charge in [-0.05, 0) is 18.2 Å². The van der Waals surface area contributed by atoms with E-state index in [0.29, 0.717) is 13.2 Å². The molecule has 1 aromatic carbocycles. The van der Waals surface area contributed by atoms with E-state index >= 15 is 0 Å². The molecule has 130 valence electrons. The zero-order valence-corrected chi connectivity index (χ0v) is 13.6. The summed E-state index contributed by atoms with van der Waals surface area (Å²) in [5, 5.41) is 13.2. The summed E-state index contributed by atoms with van der Waals surface area (Å²) in [6.07, 6.45) is 6.51. The molecule has 1 fully saturated rings. The van der Waals surface area contributed by atoms with Crippen molar-refractivity contribution in [1.29, 1.82) is 0 Å². The lowest BCUT2D eigenvalue weighted by Gasteiger charge is -2.34. The van der Waals surface area contributed by atoms with Gasteiger partial charge in [-0.15, -0.1) is 0 Å². The van der Waals surface area contributed by atoms with E-state index in [1.807, 2.05) is 36.5 Å². The fourth-order valence-corrected chi connectivity index (χ4v) is 2.72. The fourth-order valence-electron chi connectivity index (χ4n) is 2.72. The number of ether oxygens (including phenoxy) is 1. The number of carbonyl (C=O) groups is 2. The first-order chi connectivity index (χ1) is 12.1. The highest BCUT2D eigenvalue weighted by atomic mass is 16.5. The van der Waals surface area contributed by atoms with Gasteiger partial charge in [0.2, 0.25) is 5.91 Å². The molecule has 1 atom stereocenters. The number of nitrogens with zero attached hydrogens (tertiary/aromatic N) is 3. The van der Waals surface area contributed by atoms with Crippen molar-refractivity contribution in [2.75, 3.05) is 19.8 Å². The number of carboxylic acids is 1. The van der Waals surface area contributed by atoms with Crippen LogP contribution in [0, 0.1) is 0 Å². The first-order valence-electron chi connectivity index (χ1n) is 8.02. The van der Waals surface area contributed by atoms with Gasteiger partial charge >= 0.3 is 5.97 Å². The van der Waals surface area contributed by atoms with E-state index < -0.39 is 12.0 Å². The van der Waals surface area contributed by atoms with Crippen LogP contribution in [0.15, 0.2) is 48.8 Å². The first-order valence-corrected chi connectivity index (χ1v) is 8.02. The van der Waals surface area contributed by atoms with E-state index in [1.54, 1.807) is 21.9 Å². The summed E-state index contributed by atoms with van der Waals surface area (Å²) in [5.74, 6) is -1.16. The highest BCUT2D eigenvalue weighted by Crippen LogP contribution is 2.13. The average molecular weight is 341 g/mol. The molecule has 3 rings (SSSR count). The van der Waals surface area contributed by atoms with Crippen LogP contribution in [0.3, 0.4) is 0 Å². The number of para-hydroxylation sites is 1. The highest BCUT2D eigenvalue weighted by Gasteiger charge is 2.27. The molecule has 1 unspecified atom stereocenters. The SMILES string of the molecule is O=C(O)CC1COCCN1C(=O)/C=C/c1cnn(-c2ccccc2)c1. The minimum Gasteiger partial charge on any atom is -0.481 e. The van der Waals surface area contributed by atoms with E-state index in [9.17, 15) is 9.59 Å². The van der Waals surface area contributed by atoms with Crippen LogP contribution in [-0.2, 0) is 14.3 Å². The van der Waals surface area contributed by atoms with Crippen LogP contribution in [0.4, 0.5) is 0 Å². The smallest absolute Gasteiger partial charge is 0.305 e. The number of aliphatic carboxylic acids is 1. The molecule has 1 aliphatic rings. The number of hydrogen-bond acceptors (Lipinski definition) is 4. The van der Waals surface area contributed by atoms with Gasteiger partial charge in [0.25, 0.3) is 0 Å². The van der Waals surface area contributed by atoms with Crippen LogP contribution < -0.4 is 0 Å². The third-order valence-electron chi connectivity index (χ3n) is 3.96. The Morgan fingerprint density at radius 1 is 1.32 bits per heavy atom. The van der Waals surface area contributed by atoms with Gasteiger partial charge < -0.3 is 14.7 Å². The minimum absolute atomic E-state index is 0.120. The Bertz CT molecular complexity index is 770. The summed E-state index contributed by atoms with van der Waals surface area (Å²) in [4.78, 5) is 24.9. The topological polar surface area (TPSA) is 84.7 Å². The number of carboxylic acid groups (broad SMARTS) is 1. The zero-order chi connectivity index (χ0) is 17.6. The van der Waals surface area contributed by atoms with Crippen molar-refractivity contribution in [3.63, 3.8) is 0 Å². The molecule has 1 aromatic heterocycles. The van der Waals surface area contributed by atoms with Crippen molar-refractivity contribution < 1.29 is 19.4 Å². The Kier molecular flexibility index (Phi) is 5.25. The fraction of sp³-hybridized carbons (Fsp3) is 0.278. The Hall–Kier alpha value is -2.93. The van der Waals surface area contributed by atoms with Crippen molar-refractivity contribution in [2.45, 2.75) is 12.5 Å². The van der Waals surface area contributed by atoms with E-state index in [-0.39, 0.29) is 18.9 Å². The predicted octanol–water partition coefficient (Wildman–Crippen LogP) is 1.59. The zero-order valence-electron chi connectivity index (χ0n) is 13.6. The molecule has 25 heavy (non-hydrogen) atoms. The van der Waals surface area contributed by atoms with Crippen LogP contribution in [0.25, 0.3) is 11.8 Å². The maximum atomic E-state index is 12.4. The van der Waals surface area contributed by atoms with Gasteiger partial charge in [0.15, 0.2) is 0 Å². The largest absolute Gasteiger partial charge is 0.481 e. The lowest BCUT2D eigenvalue weighted by molar-refractivity contribution is -0.143. The molecule has 0 bridgehead atoms. The van der Waals surface area contributed by atoms with Gasteiger partial charge in [0.05, 0.1) is 37.6 Å². The lowest BCUT2D eigenvalue weighted by atomic mass is 10.1. The van der Waals surface area contributed by atoms with Crippen molar-refractivity contribution in [1.82, 2.24) is 14.7 Å². The quantitative estimate of drug-likeness (QED) is 0.835. The van der Waals surface area contributed by atoms with Crippen LogP contribution >= 0.6 is 0 Å². The second kappa shape index (κ2) is 7.76. The molecular weight excluding hydrogens is 322 g/mol. The molecule has 1 saturated heterocycles. The van der Waals surface area contributed by atoms with Gasteiger partial charge in [-0.1, -0.05) is 18.2 Å². The minimum atomic E-state index is -0.943. The standard InChI is InChI=1S/C18H19N3O4/c22-17(20-8-9-25-13-16(20)10-18(23)24)7-6-14-11-19-21(12-14)15-4-2-1-3-5-15/h1-7,11-12,16H,8-10,13H2,(H,23,24)/b7-6+. The van der Waals surface area contributed by atoms with Crippen molar-refractivity contribution >= 4 is 18.0 Å². The molecule has 7 heteroatoms. The Morgan fingerprint density at radius 3 is 2.88 bits per heavy atom.